The van der Waals surface area contributed by atoms with Gasteiger partial charge in [0.2, 0.25) is 0 Å². The summed E-state index contributed by atoms with van der Waals surface area (Å²) in [4.78, 5) is 0. The van der Waals surface area contributed by atoms with Crippen molar-refractivity contribution in [3.63, 3.8) is 0 Å². The Labute approximate surface area is 94.7 Å². The van der Waals surface area contributed by atoms with Crippen LogP contribution in [0.4, 0.5) is 0 Å². The van der Waals surface area contributed by atoms with Crippen molar-refractivity contribution in [2.75, 3.05) is 0 Å². The number of hydrogen-bond donors (Lipinski definition) is 2. The maximum atomic E-state index is 9.71. The Kier molecular flexibility index (Phi) is 8.71. The highest BCUT2D eigenvalue weighted by atomic mass is 16.3. The lowest BCUT2D eigenvalue weighted by molar-refractivity contribution is -0.0727. The van der Waals surface area contributed by atoms with Crippen LogP contribution >= 0.6 is 0 Å². The van der Waals surface area contributed by atoms with Crippen molar-refractivity contribution in [1.29, 1.82) is 0 Å². The minimum Gasteiger partial charge on any atom is -0.393 e. The molecule has 2 N–H and O–H groups in total. The summed E-state index contributed by atoms with van der Waals surface area (Å²) in [6, 6.07) is 0. The van der Waals surface area contributed by atoms with E-state index >= 15 is 0 Å². The van der Waals surface area contributed by atoms with Gasteiger partial charge in [-0.05, 0) is 24.2 Å². The summed E-state index contributed by atoms with van der Waals surface area (Å²) in [6.07, 6.45) is 8.98. The molecule has 0 unspecified atom stereocenters. The van der Waals surface area contributed by atoms with Crippen molar-refractivity contribution in [3.05, 3.63) is 0 Å². The molecule has 0 aromatic rings. The number of aliphatic hydroxyl groups is 2. The molecule has 0 bridgehead atoms. The van der Waals surface area contributed by atoms with E-state index in [1.807, 2.05) is 34.6 Å². The van der Waals surface area contributed by atoms with Gasteiger partial charge in [0.05, 0.1) is 12.2 Å². The fourth-order valence-corrected chi connectivity index (χ4v) is 2.14. The molecule has 0 radical (unpaired) electrons. The lowest BCUT2D eigenvalue weighted by Gasteiger charge is -2.41. The second-order valence-corrected chi connectivity index (χ2v) is 4.50. The fourth-order valence-electron chi connectivity index (χ4n) is 2.14. The van der Waals surface area contributed by atoms with Crippen molar-refractivity contribution >= 4 is 0 Å². The molecule has 1 fully saturated rings. The molecular formula is C13H26O2. The third-order valence-corrected chi connectivity index (χ3v) is 2.75. The van der Waals surface area contributed by atoms with Crippen molar-refractivity contribution in [2.45, 2.75) is 59.7 Å². The van der Waals surface area contributed by atoms with Gasteiger partial charge >= 0.3 is 0 Å². The van der Waals surface area contributed by atoms with Gasteiger partial charge in [0.15, 0.2) is 0 Å². The molecule has 1 aliphatic carbocycles. The second kappa shape index (κ2) is 7.73. The topological polar surface area (TPSA) is 40.5 Å². The predicted molar refractivity (Wildman–Crippen MR) is 65.4 cm³/mol. The lowest BCUT2D eigenvalue weighted by atomic mass is 9.69. The Bertz CT molecular complexity index is 173. The highest BCUT2D eigenvalue weighted by molar-refractivity contribution is 4.89. The average Bonchev–Trinajstić information content (AvgIpc) is 2.20. The first kappa shape index (κ1) is 16.9. The van der Waals surface area contributed by atoms with E-state index in [-0.39, 0.29) is 23.5 Å². The van der Waals surface area contributed by atoms with Gasteiger partial charge in [0.25, 0.3) is 0 Å². The van der Waals surface area contributed by atoms with Gasteiger partial charge in [-0.1, -0.05) is 34.6 Å². The molecular weight excluding hydrogens is 188 g/mol. The zero-order chi connectivity index (χ0) is 12.6. The van der Waals surface area contributed by atoms with E-state index in [0.29, 0.717) is 0 Å². The van der Waals surface area contributed by atoms with Crippen molar-refractivity contribution < 1.29 is 10.2 Å². The molecule has 90 valence electrons. The zero-order valence-electron chi connectivity index (χ0n) is 10.7. The standard InChI is InChI=1S/C9H18O2.C2H6.C2H2/c1-6-4-7(10)5-9(2,3)8(6)11;2*1-2/h6-8,10-11H,4-5H2,1-3H3;1-2H3;1-2H/t6-,7-,8+;;/m0../s1. The monoisotopic (exact) mass is 214 g/mol. The summed E-state index contributed by atoms with van der Waals surface area (Å²) < 4.78 is 0. The molecule has 0 spiro atoms. The summed E-state index contributed by atoms with van der Waals surface area (Å²) in [5, 5.41) is 19.1. The molecule has 15 heavy (non-hydrogen) atoms. The van der Waals surface area contributed by atoms with Crippen LogP contribution in [0.15, 0.2) is 0 Å². The number of hydrogen-bond acceptors (Lipinski definition) is 2. The Morgan fingerprint density at radius 2 is 1.53 bits per heavy atom. The highest BCUT2D eigenvalue weighted by Gasteiger charge is 2.39. The van der Waals surface area contributed by atoms with Crippen LogP contribution in [0.1, 0.15) is 47.5 Å². The van der Waals surface area contributed by atoms with Crippen molar-refractivity contribution in [1.82, 2.24) is 0 Å². The molecule has 0 aromatic heterocycles. The van der Waals surface area contributed by atoms with Gasteiger partial charge in [0.1, 0.15) is 0 Å². The van der Waals surface area contributed by atoms with Crippen LogP contribution in [-0.2, 0) is 0 Å². The van der Waals surface area contributed by atoms with Crippen LogP contribution in [-0.4, -0.2) is 22.4 Å². The van der Waals surface area contributed by atoms with Gasteiger partial charge in [-0.2, -0.15) is 0 Å². The third kappa shape index (κ3) is 5.20. The number of aliphatic hydroxyl groups excluding tert-OH is 2. The quantitative estimate of drug-likeness (QED) is 0.608. The van der Waals surface area contributed by atoms with Gasteiger partial charge in [-0.3, -0.25) is 0 Å². The molecule has 0 aliphatic heterocycles. The van der Waals surface area contributed by atoms with E-state index < -0.39 is 0 Å². The number of rotatable bonds is 0. The number of terminal acetylenes is 1. The largest absolute Gasteiger partial charge is 0.393 e. The first-order valence-electron chi connectivity index (χ1n) is 5.63. The average molecular weight is 214 g/mol. The molecule has 0 heterocycles. The Hall–Kier alpha value is -0.520. The van der Waals surface area contributed by atoms with Gasteiger partial charge in [0, 0.05) is 0 Å². The van der Waals surface area contributed by atoms with Crippen LogP contribution in [0.2, 0.25) is 0 Å². The highest BCUT2D eigenvalue weighted by Crippen LogP contribution is 2.38. The molecule has 1 saturated carbocycles. The van der Waals surface area contributed by atoms with Crippen LogP contribution in [0.25, 0.3) is 0 Å². The van der Waals surface area contributed by atoms with E-state index in [9.17, 15) is 10.2 Å². The molecule has 0 amide bonds. The van der Waals surface area contributed by atoms with E-state index in [1.165, 1.54) is 0 Å². The SMILES string of the molecule is C#C.CC.C[C@H]1C[C@H](O)CC(C)(C)[C@@H]1O. The summed E-state index contributed by atoms with van der Waals surface area (Å²) in [7, 11) is 0. The Morgan fingerprint density at radius 1 is 1.13 bits per heavy atom. The predicted octanol–water partition coefficient (Wildman–Crippen LogP) is 2.44. The Morgan fingerprint density at radius 3 is 1.87 bits per heavy atom. The van der Waals surface area contributed by atoms with Gasteiger partial charge < -0.3 is 10.2 Å². The van der Waals surface area contributed by atoms with Crippen molar-refractivity contribution in [3.8, 4) is 12.8 Å². The van der Waals surface area contributed by atoms with Crippen LogP contribution < -0.4 is 0 Å². The van der Waals surface area contributed by atoms with E-state index in [0.717, 1.165) is 12.8 Å². The molecule has 1 aliphatic rings. The minimum absolute atomic E-state index is 0.114. The lowest BCUT2D eigenvalue weighted by Crippen LogP contribution is -2.43. The molecule has 0 aromatic carbocycles. The van der Waals surface area contributed by atoms with Crippen LogP contribution in [0, 0.1) is 24.2 Å². The van der Waals surface area contributed by atoms with E-state index in [2.05, 4.69) is 12.8 Å². The minimum atomic E-state index is -0.258. The van der Waals surface area contributed by atoms with Crippen LogP contribution in [0.3, 0.4) is 0 Å². The molecule has 1 rings (SSSR count). The maximum absolute atomic E-state index is 9.71. The first-order chi connectivity index (χ1) is 6.93. The third-order valence-electron chi connectivity index (χ3n) is 2.75. The molecule has 2 heteroatoms. The van der Waals surface area contributed by atoms with E-state index in [4.69, 9.17) is 0 Å². The normalized spacial score (nSPS) is 32.7. The first-order valence-corrected chi connectivity index (χ1v) is 5.63. The molecule has 3 atom stereocenters. The summed E-state index contributed by atoms with van der Waals surface area (Å²) in [6.45, 7) is 10.0. The molecule has 0 saturated heterocycles. The summed E-state index contributed by atoms with van der Waals surface area (Å²) >= 11 is 0. The van der Waals surface area contributed by atoms with Crippen LogP contribution in [0.5, 0.6) is 0 Å². The Balaban J connectivity index is 0. The van der Waals surface area contributed by atoms with Gasteiger partial charge in [-0.15, -0.1) is 12.8 Å². The second-order valence-electron chi connectivity index (χ2n) is 4.50. The summed E-state index contributed by atoms with van der Waals surface area (Å²) in [5.74, 6) is 0.230. The van der Waals surface area contributed by atoms with Crippen molar-refractivity contribution in [2.24, 2.45) is 11.3 Å². The smallest absolute Gasteiger partial charge is 0.0618 e. The maximum Gasteiger partial charge on any atom is 0.0618 e. The summed E-state index contributed by atoms with van der Waals surface area (Å²) in [5.41, 5.74) is -0.114. The zero-order valence-corrected chi connectivity index (χ0v) is 10.7. The molecule has 2 nitrogen and oxygen atoms in total. The van der Waals surface area contributed by atoms with Gasteiger partial charge in [-0.25, -0.2) is 0 Å². The fraction of sp³-hybridized carbons (Fsp3) is 0.846. The van der Waals surface area contributed by atoms with E-state index in [1.54, 1.807) is 0 Å².